The zero-order chi connectivity index (χ0) is 22.2. The van der Waals surface area contributed by atoms with Crippen molar-refractivity contribution in [1.82, 2.24) is 19.9 Å². The molecule has 11 heteroatoms. The molecule has 1 aliphatic heterocycles. The summed E-state index contributed by atoms with van der Waals surface area (Å²) >= 11 is 0. The Bertz CT molecular complexity index is 1420. The molecule has 0 radical (unpaired) electrons. The number of fused-ring (bicyclic) bond motifs is 3. The number of hydrogen-bond donors (Lipinski definition) is 3. The highest BCUT2D eigenvalue weighted by molar-refractivity contribution is 6.12. The van der Waals surface area contributed by atoms with Crippen LogP contribution in [0.3, 0.4) is 0 Å². The van der Waals surface area contributed by atoms with Crippen LogP contribution in [0.5, 0.6) is 0 Å². The SMILES string of the molecule is Cl.O=C(Nc1cccc2nn3c(C4CCNCC4)cc(=O)[nH]c3c12)c1cccc([N+](=O)[O-])c1. The van der Waals surface area contributed by atoms with Gasteiger partial charge in [-0.15, -0.1) is 12.4 Å². The monoisotopic (exact) mass is 468 g/mol. The van der Waals surface area contributed by atoms with Crippen LogP contribution in [0.2, 0.25) is 0 Å². The highest BCUT2D eigenvalue weighted by Crippen LogP contribution is 2.30. The van der Waals surface area contributed by atoms with Crippen molar-refractivity contribution in [3.05, 3.63) is 80.3 Å². The lowest BCUT2D eigenvalue weighted by Crippen LogP contribution is -2.28. The lowest BCUT2D eigenvalue weighted by atomic mass is 9.94. The van der Waals surface area contributed by atoms with Crippen molar-refractivity contribution < 1.29 is 9.72 Å². The number of H-pyrrole nitrogens is 1. The minimum Gasteiger partial charge on any atom is -0.321 e. The van der Waals surface area contributed by atoms with Gasteiger partial charge in [-0.1, -0.05) is 12.1 Å². The number of carbonyl (C=O) groups excluding carboxylic acids is 1. The first kappa shape index (κ1) is 22.4. The van der Waals surface area contributed by atoms with Gasteiger partial charge >= 0.3 is 0 Å². The lowest BCUT2D eigenvalue weighted by Gasteiger charge is -2.23. The van der Waals surface area contributed by atoms with Gasteiger partial charge in [-0.3, -0.25) is 19.7 Å². The van der Waals surface area contributed by atoms with Crippen LogP contribution in [0.1, 0.15) is 34.8 Å². The number of nitro benzene ring substituents is 1. The van der Waals surface area contributed by atoms with Gasteiger partial charge in [0.05, 0.1) is 27.2 Å². The van der Waals surface area contributed by atoms with Gasteiger partial charge in [0.1, 0.15) is 5.65 Å². The first-order valence-corrected chi connectivity index (χ1v) is 10.3. The first-order valence-electron chi connectivity index (χ1n) is 10.3. The molecule has 0 bridgehead atoms. The van der Waals surface area contributed by atoms with Crippen LogP contribution in [0.4, 0.5) is 11.4 Å². The quantitative estimate of drug-likeness (QED) is 0.311. The maximum Gasteiger partial charge on any atom is 0.270 e. The predicted molar refractivity (Wildman–Crippen MR) is 126 cm³/mol. The Labute approximate surface area is 193 Å². The van der Waals surface area contributed by atoms with Crippen LogP contribution in [-0.4, -0.2) is 38.5 Å². The summed E-state index contributed by atoms with van der Waals surface area (Å²) in [7, 11) is 0. The summed E-state index contributed by atoms with van der Waals surface area (Å²) in [6.45, 7) is 1.76. The Hall–Kier alpha value is -3.76. The zero-order valence-corrected chi connectivity index (χ0v) is 18.2. The number of nitro groups is 1. The molecule has 3 N–H and O–H groups in total. The molecule has 1 fully saturated rings. The topological polar surface area (TPSA) is 134 Å². The van der Waals surface area contributed by atoms with Gasteiger partial charge in [-0.2, -0.15) is 5.10 Å². The first-order chi connectivity index (χ1) is 15.5. The number of rotatable bonds is 4. The normalized spacial score (nSPS) is 14.2. The molecule has 2 aromatic carbocycles. The maximum absolute atomic E-state index is 12.8. The number of anilines is 1. The van der Waals surface area contributed by atoms with Gasteiger partial charge in [-0.25, -0.2) is 4.52 Å². The Morgan fingerprint density at radius 2 is 1.91 bits per heavy atom. The minimum atomic E-state index is -0.546. The molecule has 0 saturated carbocycles. The molecule has 5 rings (SSSR count). The summed E-state index contributed by atoms with van der Waals surface area (Å²) in [5.74, 6) is -0.282. The number of halogens is 1. The highest BCUT2D eigenvalue weighted by Gasteiger charge is 2.22. The third kappa shape index (κ3) is 4.18. The molecule has 4 aromatic rings. The van der Waals surface area contributed by atoms with Crippen molar-refractivity contribution in [1.29, 1.82) is 0 Å². The fourth-order valence-corrected chi connectivity index (χ4v) is 4.25. The molecule has 1 saturated heterocycles. The molecule has 1 aliphatic rings. The second-order valence-electron chi connectivity index (χ2n) is 7.80. The van der Waals surface area contributed by atoms with Crippen molar-refractivity contribution >= 4 is 46.2 Å². The van der Waals surface area contributed by atoms with E-state index >= 15 is 0 Å². The second-order valence-corrected chi connectivity index (χ2v) is 7.80. The van der Waals surface area contributed by atoms with Crippen molar-refractivity contribution in [3.8, 4) is 0 Å². The standard InChI is InChI=1S/C22H20N6O4.ClH/c29-19-12-18(13-7-9-23-10-8-13)27-21(25-19)20-16(5-2-6-17(20)26-27)24-22(30)14-3-1-4-15(11-14)28(31)32;/h1-6,11-13,23H,7-10H2,(H,24,30)(H,25,29);1H. The summed E-state index contributed by atoms with van der Waals surface area (Å²) in [4.78, 5) is 38.7. The van der Waals surface area contributed by atoms with Crippen LogP contribution in [0, 0.1) is 10.1 Å². The number of aromatic nitrogens is 3. The zero-order valence-electron chi connectivity index (χ0n) is 17.4. The van der Waals surface area contributed by atoms with E-state index < -0.39 is 10.8 Å². The number of hydrogen-bond acceptors (Lipinski definition) is 6. The van der Waals surface area contributed by atoms with E-state index in [0.29, 0.717) is 22.2 Å². The smallest absolute Gasteiger partial charge is 0.270 e. The van der Waals surface area contributed by atoms with Crippen LogP contribution < -0.4 is 16.2 Å². The van der Waals surface area contributed by atoms with Crippen LogP contribution in [-0.2, 0) is 0 Å². The molecule has 0 spiro atoms. The van der Waals surface area contributed by atoms with Gasteiger partial charge < -0.3 is 15.6 Å². The minimum absolute atomic E-state index is 0. The summed E-state index contributed by atoms with van der Waals surface area (Å²) in [6.07, 6.45) is 1.82. The van der Waals surface area contributed by atoms with Gasteiger partial charge in [0, 0.05) is 29.7 Å². The van der Waals surface area contributed by atoms with Crippen molar-refractivity contribution in [2.24, 2.45) is 0 Å². The third-order valence-corrected chi connectivity index (χ3v) is 5.79. The summed E-state index contributed by atoms with van der Waals surface area (Å²) in [5, 5.41) is 22.5. The molecule has 3 heterocycles. The van der Waals surface area contributed by atoms with E-state index in [2.05, 4.69) is 15.6 Å². The second kappa shape index (κ2) is 9.00. The molecule has 1 amide bonds. The Morgan fingerprint density at radius 1 is 1.15 bits per heavy atom. The van der Waals surface area contributed by atoms with E-state index in [9.17, 15) is 19.7 Å². The average molecular weight is 469 g/mol. The van der Waals surface area contributed by atoms with Gasteiger partial charge in [-0.05, 0) is 44.1 Å². The van der Waals surface area contributed by atoms with E-state index in [4.69, 9.17) is 5.10 Å². The number of piperidine rings is 1. The Kier molecular flexibility index (Phi) is 6.12. The number of carbonyl (C=O) groups is 1. The molecule has 0 atom stereocenters. The molecule has 0 aliphatic carbocycles. The average Bonchev–Trinajstić information content (AvgIpc) is 3.18. The summed E-state index contributed by atoms with van der Waals surface area (Å²) in [6, 6.07) is 12.4. The molecule has 10 nitrogen and oxygen atoms in total. The van der Waals surface area contributed by atoms with Crippen LogP contribution in [0.15, 0.2) is 53.3 Å². The Morgan fingerprint density at radius 3 is 2.67 bits per heavy atom. The molecule has 2 aromatic heterocycles. The van der Waals surface area contributed by atoms with Crippen molar-refractivity contribution in [2.45, 2.75) is 18.8 Å². The number of nitrogens with one attached hydrogen (secondary N) is 3. The fraction of sp³-hybridized carbons (Fsp3) is 0.227. The van der Waals surface area contributed by atoms with Crippen molar-refractivity contribution in [3.63, 3.8) is 0 Å². The number of aromatic amines is 1. The van der Waals surface area contributed by atoms with E-state index in [1.54, 1.807) is 22.7 Å². The lowest BCUT2D eigenvalue weighted by molar-refractivity contribution is -0.384. The molecule has 33 heavy (non-hydrogen) atoms. The van der Waals surface area contributed by atoms with Gasteiger partial charge in [0.15, 0.2) is 0 Å². The number of amides is 1. The van der Waals surface area contributed by atoms with E-state index in [1.165, 1.54) is 24.3 Å². The molecule has 0 unspecified atom stereocenters. The van der Waals surface area contributed by atoms with Gasteiger partial charge in [0.25, 0.3) is 17.2 Å². The maximum atomic E-state index is 12.8. The molecule has 170 valence electrons. The summed E-state index contributed by atoms with van der Waals surface area (Å²) in [5.41, 5.74) is 2.21. The number of non-ortho nitro benzene ring substituents is 1. The molecular weight excluding hydrogens is 448 g/mol. The predicted octanol–water partition coefficient (Wildman–Crippen LogP) is 3.23. The number of nitrogens with zero attached hydrogens (tertiary/aromatic N) is 3. The van der Waals surface area contributed by atoms with Gasteiger partial charge in [0.2, 0.25) is 0 Å². The third-order valence-electron chi connectivity index (χ3n) is 5.79. The van der Waals surface area contributed by atoms with Crippen molar-refractivity contribution in [2.75, 3.05) is 18.4 Å². The molecular formula is C22H21ClN6O4. The highest BCUT2D eigenvalue weighted by atomic mass is 35.5. The van der Waals surface area contributed by atoms with E-state index in [-0.39, 0.29) is 35.1 Å². The van der Waals surface area contributed by atoms with E-state index in [0.717, 1.165) is 31.6 Å². The largest absolute Gasteiger partial charge is 0.321 e. The number of benzene rings is 2. The van der Waals surface area contributed by atoms with E-state index in [1.807, 2.05) is 6.07 Å². The van der Waals surface area contributed by atoms with Crippen LogP contribution >= 0.6 is 12.4 Å². The fourth-order valence-electron chi connectivity index (χ4n) is 4.25. The van der Waals surface area contributed by atoms with Crippen LogP contribution in [0.25, 0.3) is 16.6 Å². The Balaban J connectivity index is 0.00000259. The summed E-state index contributed by atoms with van der Waals surface area (Å²) < 4.78 is 1.76.